The highest BCUT2D eigenvalue weighted by Gasteiger charge is 2.12. The van der Waals surface area contributed by atoms with Gasteiger partial charge in [-0.05, 0) is 37.3 Å². The molecule has 2 N–H and O–H groups in total. The van der Waals surface area contributed by atoms with Crippen LogP contribution in [0.15, 0.2) is 36.4 Å². The summed E-state index contributed by atoms with van der Waals surface area (Å²) in [5.74, 6) is 0. The first-order valence-corrected chi connectivity index (χ1v) is 7.32. The summed E-state index contributed by atoms with van der Waals surface area (Å²) in [5, 5.41) is 17.7. The Bertz CT molecular complexity index is 753. The molecule has 0 spiro atoms. The van der Waals surface area contributed by atoms with Crippen molar-refractivity contribution in [3.8, 4) is 0 Å². The monoisotopic (exact) mass is 355 g/mol. The first-order chi connectivity index (χ1) is 10.4. The van der Waals surface area contributed by atoms with E-state index in [-0.39, 0.29) is 10.8 Å². The molecule has 0 radical (unpaired) electrons. The van der Waals surface area contributed by atoms with Crippen molar-refractivity contribution < 1.29 is 4.92 Å². The lowest BCUT2D eigenvalue weighted by Crippen LogP contribution is -2.19. The highest BCUT2D eigenvalue weighted by Crippen LogP contribution is 2.29. The Hall–Kier alpha value is -1.89. The minimum Gasteiger partial charge on any atom is -0.332 e. The number of nitrogens with zero attached hydrogens (tertiary/aromatic N) is 1. The summed E-state index contributed by atoms with van der Waals surface area (Å²) < 4.78 is 0. The molecule has 0 aliphatic rings. The van der Waals surface area contributed by atoms with Crippen molar-refractivity contribution in [3.05, 3.63) is 62.1 Å². The molecule has 0 saturated heterocycles. The van der Waals surface area contributed by atoms with Crippen molar-refractivity contribution in [2.24, 2.45) is 0 Å². The first kappa shape index (κ1) is 16.5. The van der Waals surface area contributed by atoms with Crippen LogP contribution in [0.1, 0.15) is 5.56 Å². The van der Waals surface area contributed by atoms with E-state index in [0.717, 1.165) is 0 Å². The Labute approximate surface area is 142 Å². The highest BCUT2D eigenvalue weighted by atomic mass is 35.5. The normalized spacial score (nSPS) is 10.1. The van der Waals surface area contributed by atoms with E-state index in [2.05, 4.69) is 10.6 Å². The largest absolute Gasteiger partial charge is 0.332 e. The van der Waals surface area contributed by atoms with Crippen LogP contribution in [-0.4, -0.2) is 10.0 Å². The molecular weight excluding hydrogens is 345 g/mol. The number of benzene rings is 2. The van der Waals surface area contributed by atoms with E-state index in [0.29, 0.717) is 27.0 Å². The van der Waals surface area contributed by atoms with E-state index in [4.69, 9.17) is 35.4 Å². The Morgan fingerprint density at radius 2 is 1.95 bits per heavy atom. The zero-order chi connectivity index (χ0) is 16.3. The Morgan fingerprint density at radius 1 is 1.23 bits per heavy atom. The lowest BCUT2D eigenvalue weighted by molar-refractivity contribution is -0.385. The van der Waals surface area contributed by atoms with Crippen LogP contribution in [0.25, 0.3) is 0 Å². The van der Waals surface area contributed by atoms with Crippen molar-refractivity contribution in [1.29, 1.82) is 0 Å². The van der Waals surface area contributed by atoms with Gasteiger partial charge in [0.1, 0.15) is 0 Å². The molecule has 2 aromatic rings. The average Bonchev–Trinajstić information content (AvgIpc) is 2.45. The minimum absolute atomic E-state index is 0.0218. The minimum atomic E-state index is -0.440. The molecule has 2 rings (SSSR count). The molecule has 0 unspecified atom stereocenters. The molecule has 8 heteroatoms. The van der Waals surface area contributed by atoms with Crippen molar-refractivity contribution >= 4 is 57.6 Å². The highest BCUT2D eigenvalue weighted by molar-refractivity contribution is 7.80. The number of aryl methyl sites for hydroxylation is 1. The molecule has 0 aromatic heterocycles. The van der Waals surface area contributed by atoms with Gasteiger partial charge >= 0.3 is 0 Å². The number of rotatable bonds is 3. The van der Waals surface area contributed by atoms with E-state index < -0.39 is 4.92 Å². The predicted octanol–water partition coefficient (Wildman–Crippen LogP) is 5.02. The predicted molar refractivity (Wildman–Crippen MR) is 94.1 cm³/mol. The van der Waals surface area contributed by atoms with Crippen LogP contribution >= 0.6 is 35.4 Å². The van der Waals surface area contributed by atoms with Gasteiger partial charge in [0, 0.05) is 17.3 Å². The second-order valence-electron chi connectivity index (χ2n) is 4.44. The van der Waals surface area contributed by atoms with E-state index in [1.165, 1.54) is 6.07 Å². The van der Waals surface area contributed by atoms with Crippen molar-refractivity contribution in [2.75, 3.05) is 10.6 Å². The number of hydrogen-bond donors (Lipinski definition) is 2. The van der Waals surface area contributed by atoms with Gasteiger partial charge in [0.25, 0.3) is 5.69 Å². The summed E-state index contributed by atoms with van der Waals surface area (Å²) in [7, 11) is 0. The zero-order valence-corrected chi connectivity index (χ0v) is 13.7. The molecular formula is C14H11Cl2N3O2S. The number of anilines is 2. The van der Waals surface area contributed by atoms with Crippen molar-refractivity contribution in [3.63, 3.8) is 0 Å². The number of hydrogen-bond acceptors (Lipinski definition) is 3. The molecule has 0 heterocycles. The summed E-state index contributed by atoms with van der Waals surface area (Å²) in [6.45, 7) is 1.67. The van der Waals surface area contributed by atoms with Crippen LogP contribution in [0.3, 0.4) is 0 Å². The Morgan fingerprint density at radius 3 is 2.64 bits per heavy atom. The standard InChI is InChI=1S/C14H11Cl2N3O2S/c1-8-5-6-9(7-12(8)19(20)21)17-14(22)18-11-4-2-3-10(15)13(11)16/h2-7H,1H3,(H2,17,18,22). The third kappa shape index (κ3) is 3.85. The van der Waals surface area contributed by atoms with Gasteiger partial charge in [0.2, 0.25) is 0 Å². The number of nitrogens with one attached hydrogen (secondary N) is 2. The summed E-state index contributed by atoms with van der Waals surface area (Å²) in [5.41, 5.74) is 1.65. The average molecular weight is 356 g/mol. The quantitative estimate of drug-likeness (QED) is 0.459. The van der Waals surface area contributed by atoms with Crippen LogP contribution in [0.2, 0.25) is 10.0 Å². The van der Waals surface area contributed by atoms with E-state index in [1.54, 1.807) is 37.3 Å². The van der Waals surface area contributed by atoms with Crippen LogP contribution in [-0.2, 0) is 0 Å². The Balaban J connectivity index is 2.14. The molecule has 0 aliphatic carbocycles. The lowest BCUT2D eigenvalue weighted by Gasteiger charge is -2.12. The van der Waals surface area contributed by atoms with E-state index in [1.807, 2.05) is 0 Å². The van der Waals surface area contributed by atoms with Crippen LogP contribution in [0.5, 0.6) is 0 Å². The van der Waals surface area contributed by atoms with Gasteiger partial charge in [-0.25, -0.2) is 0 Å². The van der Waals surface area contributed by atoms with Gasteiger partial charge in [0.15, 0.2) is 5.11 Å². The van der Waals surface area contributed by atoms with Gasteiger partial charge in [-0.3, -0.25) is 10.1 Å². The Kier molecular flexibility index (Phi) is 5.18. The smallest absolute Gasteiger partial charge is 0.274 e. The molecule has 114 valence electrons. The maximum Gasteiger partial charge on any atom is 0.274 e. The second kappa shape index (κ2) is 6.91. The molecule has 22 heavy (non-hydrogen) atoms. The fourth-order valence-electron chi connectivity index (χ4n) is 1.77. The molecule has 0 bridgehead atoms. The van der Waals surface area contributed by atoms with Gasteiger partial charge in [-0.2, -0.15) is 0 Å². The summed E-state index contributed by atoms with van der Waals surface area (Å²) in [6, 6.07) is 9.89. The first-order valence-electron chi connectivity index (χ1n) is 6.15. The van der Waals surface area contributed by atoms with Gasteiger partial charge in [-0.1, -0.05) is 35.3 Å². The molecule has 0 saturated carbocycles. The summed E-state index contributed by atoms with van der Waals surface area (Å²) >= 11 is 17.1. The van der Waals surface area contributed by atoms with Gasteiger partial charge in [-0.15, -0.1) is 0 Å². The van der Waals surface area contributed by atoms with Gasteiger partial charge in [0.05, 0.1) is 20.7 Å². The fraction of sp³-hybridized carbons (Fsp3) is 0.0714. The van der Waals surface area contributed by atoms with E-state index in [9.17, 15) is 10.1 Å². The molecule has 5 nitrogen and oxygen atoms in total. The molecule has 2 aromatic carbocycles. The SMILES string of the molecule is Cc1ccc(NC(=S)Nc2cccc(Cl)c2Cl)cc1[N+](=O)[O-]. The molecule has 0 atom stereocenters. The topological polar surface area (TPSA) is 67.2 Å². The van der Waals surface area contributed by atoms with Gasteiger partial charge < -0.3 is 10.6 Å². The number of nitro benzene ring substituents is 1. The maximum atomic E-state index is 10.9. The van der Waals surface area contributed by atoms with Crippen LogP contribution in [0, 0.1) is 17.0 Å². The second-order valence-corrected chi connectivity index (χ2v) is 5.63. The number of halogens is 2. The number of thiocarbonyl (C=S) groups is 1. The third-order valence-corrected chi connectivity index (χ3v) is 3.89. The molecule has 0 aliphatic heterocycles. The summed E-state index contributed by atoms with van der Waals surface area (Å²) in [4.78, 5) is 10.5. The van der Waals surface area contributed by atoms with Crippen LogP contribution < -0.4 is 10.6 Å². The summed E-state index contributed by atoms with van der Waals surface area (Å²) in [6.07, 6.45) is 0. The fourth-order valence-corrected chi connectivity index (χ4v) is 2.34. The van der Waals surface area contributed by atoms with Crippen LogP contribution in [0.4, 0.5) is 17.1 Å². The third-order valence-electron chi connectivity index (χ3n) is 2.86. The van der Waals surface area contributed by atoms with E-state index >= 15 is 0 Å². The number of nitro groups is 1. The molecule has 0 amide bonds. The molecule has 0 fully saturated rings. The van der Waals surface area contributed by atoms with Crippen molar-refractivity contribution in [1.82, 2.24) is 0 Å². The maximum absolute atomic E-state index is 10.9. The lowest BCUT2D eigenvalue weighted by atomic mass is 10.2. The zero-order valence-electron chi connectivity index (χ0n) is 11.4. The van der Waals surface area contributed by atoms with Crippen molar-refractivity contribution in [2.45, 2.75) is 6.92 Å².